The topological polar surface area (TPSA) is 49.3 Å². The highest BCUT2D eigenvalue weighted by Crippen LogP contribution is 1.99. The zero-order chi connectivity index (χ0) is 11.1. The highest BCUT2D eigenvalue weighted by atomic mass is 16.4. The van der Waals surface area contributed by atoms with E-state index in [9.17, 15) is 4.79 Å². The fourth-order valence-corrected chi connectivity index (χ4v) is 1.20. The first kappa shape index (κ1) is 11.3. The molecule has 78 valence electrons. The molecular formula is C12H13NO2. The van der Waals surface area contributed by atoms with Gasteiger partial charge in [-0.25, -0.2) is 0 Å². The van der Waals surface area contributed by atoms with Crippen LogP contribution in [0.15, 0.2) is 30.3 Å². The Morgan fingerprint density at radius 1 is 1.47 bits per heavy atom. The molecule has 1 aromatic carbocycles. The van der Waals surface area contributed by atoms with E-state index in [-0.39, 0.29) is 6.42 Å². The maximum atomic E-state index is 10.4. The molecule has 3 nitrogen and oxygen atoms in total. The van der Waals surface area contributed by atoms with E-state index in [0.29, 0.717) is 6.54 Å². The number of benzene rings is 1. The number of carboxylic acid groups (broad SMARTS) is 1. The van der Waals surface area contributed by atoms with Gasteiger partial charge in [-0.05, 0) is 5.56 Å². The fourth-order valence-electron chi connectivity index (χ4n) is 1.20. The van der Waals surface area contributed by atoms with Crippen molar-refractivity contribution in [2.45, 2.75) is 19.0 Å². The van der Waals surface area contributed by atoms with Crippen molar-refractivity contribution in [2.24, 2.45) is 0 Å². The molecule has 0 aliphatic heterocycles. The van der Waals surface area contributed by atoms with Crippen molar-refractivity contribution < 1.29 is 9.90 Å². The van der Waals surface area contributed by atoms with Crippen LogP contribution < -0.4 is 5.32 Å². The van der Waals surface area contributed by atoms with Gasteiger partial charge in [0.2, 0.25) is 0 Å². The molecule has 0 amide bonds. The summed E-state index contributed by atoms with van der Waals surface area (Å²) in [4.78, 5) is 10.4. The van der Waals surface area contributed by atoms with Gasteiger partial charge in [0.25, 0.3) is 0 Å². The number of terminal acetylenes is 1. The number of aliphatic carboxylic acids is 1. The minimum atomic E-state index is -0.890. The van der Waals surface area contributed by atoms with E-state index in [1.807, 2.05) is 30.3 Å². The third kappa shape index (κ3) is 4.30. The molecule has 1 atom stereocenters. The summed E-state index contributed by atoms with van der Waals surface area (Å²) in [6, 6.07) is 9.29. The second kappa shape index (κ2) is 5.84. The van der Waals surface area contributed by atoms with Gasteiger partial charge in [0, 0.05) is 6.54 Å². The van der Waals surface area contributed by atoms with Crippen LogP contribution in [0.3, 0.4) is 0 Å². The first-order valence-electron chi connectivity index (χ1n) is 4.67. The van der Waals surface area contributed by atoms with Crippen molar-refractivity contribution in [2.75, 3.05) is 0 Å². The Kier molecular flexibility index (Phi) is 4.39. The largest absolute Gasteiger partial charge is 0.481 e. The third-order valence-electron chi connectivity index (χ3n) is 1.98. The van der Waals surface area contributed by atoms with Crippen molar-refractivity contribution in [1.82, 2.24) is 5.32 Å². The molecule has 1 rings (SSSR count). The molecular weight excluding hydrogens is 190 g/mol. The molecule has 2 N–H and O–H groups in total. The van der Waals surface area contributed by atoms with Crippen molar-refractivity contribution in [3.63, 3.8) is 0 Å². The number of nitrogens with one attached hydrogen (secondary N) is 1. The van der Waals surface area contributed by atoms with Crippen molar-refractivity contribution in [3.05, 3.63) is 35.9 Å². The van der Waals surface area contributed by atoms with Crippen LogP contribution in [0.2, 0.25) is 0 Å². The number of rotatable bonds is 5. The zero-order valence-corrected chi connectivity index (χ0v) is 8.31. The van der Waals surface area contributed by atoms with E-state index in [0.717, 1.165) is 5.56 Å². The molecule has 0 aliphatic carbocycles. The predicted molar refractivity (Wildman–Crippen MR) is 58.2 cm³/mol. The molecule has 0 saturated heterocycles. The van der Waals surface area contributed by atoms with Gasteiger partial charge in [-0.2, -0.15) is 0 Å². The summed E-state index contributed by atoms with van der Waals surface area (Å²) in [5, 5.41) is 11.6. The van der Waals surface area contributed by atoms with Gasteiger partial charge in [-0.15, -0.1) is 6.42 Å². The summed E-state index contributed by atoms with van der Waals surface area (Å²) >= 11 is 0. The van der Waals surface area contributed by atoms with Crippen LogP contribution >= 0.6 is 0 Å². The second-order valence-electron chi connectivity index (χ2n) is 3.18. The number of hydrogen-bond acceptors (Lipinski definition) is 2. The van der Waals surface area contributed by atoms with Gasteiger partial charge >= 0.3 is 5.97 Å². The minimum Gasteiger partial charge on any atom is -0.481 e. The summed E-state index contributed by atoms with van der Waals surface area (Å²) < 4.78 is 0. The third-order valence-corrected chi connectivity index (χ3v) is 1.98. The lowest BCUT2D eigenvalue weighted by atomic mass is 10.2. The standard InChI is InChI=1S/C12H13NO2/c1-2-11(8-12(14)15)13-9-10-6-4-3-5-7-10/h1,3-7,11,13H,8-9H2,(H,14,15). The van der Waals surface area contributed by atoms with E-state index in [2.05, 4.69) is 11.2 Å². The van der Waals surface area contributed by atoms with Gasteiger partial charge in [0.05, 0.1) is 12.5 Å². The summed E-state index contributed by atoms with van der Waals surface area (Å²) in [6.07, 6.45) is 5.16. The Morgan fingerprint density at radius 3 is 2.67 bits per heavy atom. The second-order valence-corrected chi connectivity index (χ2v) is 3.18. The molecule has 0 aliphatic rings. The highest BCUT2D eigenvalue weighted by molar-refractivity contribution is 5.68. The summed E-state index contributed by atoms with van der Waals surface area (Å²) in [5.74, 6) is 1.52. The van der Waals surface area contributed by atoms with Gasteiger partial charge in [0.1, 0.15) is 0 Å². The summed E-state index contributed by atoms with van der Waals surface area (Å²) in [6.45, 7) is 0.586. The Balaban J connectivity index is 2.42. The Hall–Kier alpha value is -1.79. The number of carbonyl (C=O) groups is 1. The van der Waals surface area contributed by atoms with Gasteiger partial charge < -0.3 is 5.11 Å². The van der Waals surface area contributed by atoms with Crippen LogP contribution in [0.5, 0.6) is 0 Å². The molecule has 0 bridgehead atoms. The molecule has 1 unspecified atom stereocenters. The van der Waals surface area contributed by atoms with Crippen molar-refractivity contribution in [1.29, 1.82) is 0 Å². The van der Waals surface area contributed by atoms with Crippen LogP contribution in [0.25, 0.3) is 0 Å². The van der Waals surface area contributed by atoms with E-state index in [1.165, 1.54) is 0 Å². The molecule has 0 fully saturated rings. The highest BCUT2D eigenvalue weighted by Gasteiger charge is 2.08. The average Bonchev–Trinajstić information content (AvgIpc) is 2.25. The molecule has 0 saturated carbocycles. The SMILES string of the molecule is C#CC(CC(=O)O)NCc1ccccc1. The lowest BCUT2D eigenvalue weighted by Crippen LogP contribution is -2.29. The average molecular weight is 203 g/mol. The molecule has 0 radical (unpaired) electrons. The number of carboxylic acids is 1. The lowest BCUT2D eigenvalue weighted by molar-refractivity contribution is -0.137. The first-order valence-corrected chi connectivity index (χ1v) is 4.67. The maximum Gasteiger partial charge on any atom is 0.305 e. The van der Waals surface area contributed by atoms with Crippen molar-refractivity contribution >= 4 is 5.97 Å². The van der Waals surface area contributed by atoms with E-state index >= 15 is 0 Å². The summed E-state index contributed by atoms with van der Waals surface area (Å²) in [5.41, 5.74) is 1.09. The summed E-state index contributed by atoms with van der Waals surface area (Å²) in [7, 11) is 0. The minimum absolute atomic E-state index is 0.0522. The van der Waals surface area contributed by atoms with E-state index in [1.54, 1.807) is 0 Å². The van der Waals surface area contributed by atoms with Crippen molar-refractivity contribution in [3.8, 4) is 12.3 Å². The van der Waals surface area contributed by atoms with Crippen LogP contribution in [0, 0.1) is 12.3 Å². The maximum absolute atomic E-state index is 10.4. The van der Waals surface area contributed by atoms with E-state index < -0.39 is 12.0 Å². The smallest absolute Gasteiger partial charge is 0.305 e. The van der Waals surface area contributed by atoms with Gasteiger partial charge in [-0.3, -0.25) is 10.1 Å². The van der Waals surface area contributed by atoms with E-state index in [4.69, 9.17) is 11.5 Å². The fraction of sp³-hybridized carbons (Fsp3) is 0.250. The van der Waals surface area contributed by atoms with Gasteiger partial charge in [0.15, 0.2) is 0 Å². The first-order chi connectivity index (χ1) is 7.22. The van der Waals surface area contributed by atoms with Crippen LogP contribution in [-0.2, 0) is 11.3 Å². The van der Waals surface area contributed by atoms with Crippen LogP contribution in [-0.4, -0.2) is 17.1 Å². The Bertz CT molecular complexity index is 354. The quantitative estimate of drug-likeness (QED) is 0.708. The van der Waals surface area contributed by atoms with Gasteiger partial charge in [-0.1, -0.05) is 36.3 Å². The molecule has 0 aromatic heterocycles. The normalized spacial score (nSPS) is 11.7. The molecule has 1 aromatic rings. The molecule has 3 heteroatoms. The molecule has 0 heterocycles. The number of hydrogen-bond donors (Lipinski definition) is 2. The molecule has 0 spiro atoms. The molecule has 15 heavy (non-hydrogen) atoms. The zero-order valence-electron chi connectivity index (χ0n) is 8.31. The lowest BCUT2D eigenvalue weighted by Gasteiger charge is -2.10. The predicted octanol–water partition coefficient (Wildman–Crippen LogP) is 1.25. The van der Waals surface area contributed by atoms with Crippen LogP contribution in [0.1, 0.15) is 12.0 Å². The monoisotopic (exact) mass is 203 g/mol. The Labute approximate surface area is 89.1 Å². The van der Waals surface area contributed by atoms with Crippen LogP contribution in [0.4, 0.5) is 0 Å². The Morgan fingerprint density at radius 2 is 2.13 bits per heavy atom.